The van der Waals surface area contributed by atoms with Gasteiger partial charge >= 0.3 is 12.2 Å². The largest absolute Gasteiger partial charge is 0.418 e. The monoisotopic (exact) mass is 452 g/mol. The van der Waals surface area contributed by atoms with Crippen LogP contribution in [0.1, 0.15) is 36.1 Å². The van der Waals surface area contributed by atoms with Crippen molar-refractivity contribution in [3.63, 3.8) is 0 Å². The standard InChI is InChI=1S/C26H23F3N2O2/c1-25(2)23(32)31(22-15-9-8-14-21(22)26(27,28)29)24(33)30(25)17-20-13-7-6-12-19(20)16-18-10-4-3-5-11-18/h3-15H,16-17H2,1-2H3. The molecule has 3 amide bonds. The van der Waals surface area contributed by atoms with E-state index < -0.39 is 34.9 Å². The molecule has 1 aliphatic heterocycles. The molecular formula is C26H23F3N2O2. The van der Waals surface area contributed by atoms with Crippen molar-refractivity contribution in [3.8, 4) is 0 Å². The Morgan fingerprint density at radius 2 is 1.36 bits per heavy atom. The molecule has 170 valence electrons. The van der Waals surface area contributed by atoms with Crippen molar-refractivity contribution in [2.24, 2.45) is 0 Å². The SMILES string of the molecule is CC1(C)C(=O)N(c2ccccc2C(F)(F)F)C(=O)N1Cc1ccccc1Cc1ccccc1. The van der Waals surface area contributed by atoms with Gasteiger partial charge in [-0.2, -0.15) is 13.2 Å². The number of halogens is 3. The predicted molar refractivity (Wildman–Crippen MR) is 120 cm³/mol. The molecule has 7 heteroatoms. The lowest BCUT2D eigenvalue weighted by molar-refractivity contribution is -0.137. The summed E-state index contributed by atoms with van der Waals surface area (Å²) in [6.07, 6.45) is -4.06. The van der Waals surface area contributed by atoms with Crippen molar-refractivity contribution < 1.29 is 22.8 Å². The molecule has 0 spiro atoms. The summed E-state index contributed by atoms with van der Waals surface area (Å²) >= 11 is 0. The number of alkyl halides is 3. The molecule has 0 radical (unpaired) electrons. The molecule has 0 unspecified atom stereocenters. The molecular weight excluding hydrogens is 429 g/mol. The van der Waals surface area contributed by atoms with Gasteiger partial charge in [0.2, 0.25) is 0 Å². The number of carbonyl (C=O) groups is 2. The fraction of sp³-hybridized carbons (Fsp3) is 0.231. The lowest BCUT2D eigenvalue weighted by atomic mass is 9.97. The topological polar surface area (TPSA) is 40.6 Å². The molecule has 3 aromatic carbocycles. The highest BCUT2D eigenvalue weighted by molar-refractivity contribution is 6.23. The fourth-order valence-corrected chi connectivity index (χ4v) is 4.09. The maximum atomic E-state index is 13.6. The van der Waals surface area contributed by atoms with Gasteiger partial charge in [0.15, 0.2) is 0 Å². The van der Waals surface area contributed by atoms with Crippen molar-refractivity contribution in [1.82, 2.24) is 4.90 Å². The first kappa shape index (κ1) is 22.6. The molecule has 3 aromatic rings. The number of amides is 3. The minimum atomic E-state index is -4.70. The minimum Gasteiger partial charge on any atom is -0.305 e. The number of anilines is 1. The average molecular weight is 452 g/mol. The molecule has 0 atom stereocenters. The normalized spacial score (nSPS) is 15.9. The van der Waals surface area contributed by atoms with Gasteiger partial charge < -0.3 is 4.90 Å². The van der Waals surface area contributed by atoms with E-state index in [4.69, 9.17) is 0 Å². The minimum absolute atomic E-state index is 0.102. The average Bonchev–Trinajstić information content (AvgIpc) is 2.94. The first-order valence-corrected chi connectivity index (χ1v) is 10.5. The Morgan fingerprint density at radius 3 is 2.03 bits per heavy atom. The summed E-state index contributed by atoms with van der Waals surface area (Å²) in [4.78, 5) is 28.5. The molecule has 1 fully saturated rings. The summed E-state index contributed by atoms with van der Waals surface area (Å²) < 4.78 is 40.8. The van der Waals surface area contributed by atoms with E-state index in [1.807, 2.05) is 54.6 Å². The number of benzene rings is 3. The zero-order valence-corrected chi connectivity index (χ0v) is 18.3. The highest BCUT2D eigenvalue weighted by Crippen LogP contribution is 2.41. The van der Waals surface area contributed by atoms with Crippen LogP contribution >= 0.6 is 0 Å². The number of hydrogen-bond acceptors (Lipinski definition) is 2. The van der Waals surface area contributed by atoms with E-state index in [9.17, 15) is 22.8 Å². The van der Waals surface area contributed by atoms with Gasteiger partial charge in [-0.3, -0.25) is 4.79 Å². The van der Waals surface area contributed by atoms with E-state index in [1.165, 1.54) is 17.0 Å². The predicted octanol–water partition coefficient (Wildman–Crippen LogP) is 6.04. The molecule has 1 aliphatic rings. The molecule has 4 rings (SSSR count). The summed E-state index contributed by atoms with van der Waals surface area (Å²) in [6, 6.07) is 21.3. The Labute approximate surface area is 190 Å². The van der Waals surface area contributed by atoms with Gasteiger partial charge in [-0.1, -0.05) is 66.7 Å². The van der Waals surface area contributed by atoms with Gasteiger partial charge in [-0.25, -0.2) is 9.69 Å². The van der Waals surface area contributed by atoms with E-state index in [0.29, 0.717) is 11.3 Å². The first-order valence-electron chi connectivity index (χ1n) is 10.5. The Kier molecular flexibility index (Phi) is 5.74. The third-order valence-corrected chi connectivity index (χ3v) is 5.96. The maximum Gasteiger partial charge on any atom is 0.418 e. The summed E-state index contributed by atoms with van der Waals surface area (Å²) in [6.45, 7) is 3.22. The summed E-state index contributed by atoms with van der Waals surface area (Å²) in [7, 11) is 0. The Balaban J connectivity index is 1.69. The third kappa shape index (κ3) is 4.23. The number of imide groups is 1. The lowest BCUT2D eigenvalue weighted by Gasteiger charge is -2.28. The van der Waals surface area contributed by atoms with Crippen LogP contribution in [0, 0.1) is 0 Å². The van der Waals surface area contributed by atoms with Crippen molar-refractivity contribution in [1.29, 1.82) is 0 Å². The van der Waals surface area contributed by atoms with E-state index in [1.54, 1.807) is 13.8 Å². The fourth-order valence-electron chi connectivity index (χ4n) is 4.09. The molecule has 0 N–H and O–H groups in total. The van der Waals surface area contributed by atoms with E-state index in [2.05, 4.69) is 0 Å². The molecule has 1 heterocycles. The molecule has 33 heavy (non-hydrogen) atoms. The van der Waals surface area contributed by atoms with Crippen molar-refractivity contribution in [3.05, 3.63) is 101 Å². The van der Waals surface area contributed by atoms with Crippen LogP contribution in [0.2, 0.25) is 0 Å². The maximum absolute atomic E-state index is 13.6. The van der Waals surface area contributed by atoms with Crippen LogP contribution in [-0.2, 0) is 23.9 Å². The van der Waals surface area contributed by atoms with Gasteiger partial charge in [-0.05, 0) is 49.1 Å². The Morgan fingerprint density at radius 1 is 0.788 bits per heavy atom. The smallest absolute Gasteiger partial charge is 0.305 e. The first-order chi connectivity index (χ1) is 15.6. The van der Waals surface area contributed by atoms with Crippen LogP contribution in [-0.4, -0.2) is 22.4 Å². The van der Waals surface area contributed by atoms with E-state index >= 15 is 0 Å². The van der Waals surface area contributed by atoms with Gasteiger partial charge in [0.05, 0.1) is 11.3 Å². The van der Waals surface area contributed by atoms with Crippen molar-refractivity contribution in [2.45, 2.75) is 38.5 Å². The lowest BCUT2D eigenvalue weighted by Crippen LogP contribution is -2.43. The number of nitrogens with zero attached hydrogens (tertiary/aromatic N) is 2. The number of urea groups is 1. The van der Waals surface area contributed by atoms with Gasteiger partial charge in [0, 0.05) is 6.54 Å². The molecule has 0 aliphatic carbocycles. The number of para-hydroxylation sites is 1. The summed E-state index contributed by atoms with van der Waals surface area (Å²) in [5.74, 6) is -0.690. The zero-order valence-electron chi connectivity index (χ0n) is 18.3. The number of rotatable bonds is 5. The van der Waals surface area contributed by atoms with Crippen molar-refractivity contribution >= 4 is 17.6 Å². The highest BCUT2D eigenvalue weighted by atomic mass is 19.4. The van der Waals surface area contributed by atoms with Gasteiger partial charge in [0.1, 0.15) is 5.54 Å². The summed E-state index contributed by atoms with van der Waals surface area (Å²) in [5.41, 5.74) is 0.126. The molecule has 0 bridgehead atoms. The molecule has 0 saturated carbocycles. The van der Waals surface area contributed by atoms with Crippen molar-refractivity contribution in [2.75, 3.05) is 4.90 Å². The Bertz CT molecular complexity index is 1190. The molecule has 0 aromatic heterocycles. The number of hydrogen-bond donors (Lipinski definition) is 0. The van der Waals surface area contributed by atoms with Crippen LogP contribution in [0.4, 0.5) is 23.7 Å². The number of carbonyl (C=O) groups excluding carboxylic acids is 2. The van der Waals surface area contributed by atoms with E-state index in [-0.39, 0.29) is 6.54 Å². The van der Waals surface area contributed by atoms with Crippen LogP contribution in [0.5, 0.6) is 0 Å². The van der Waals surface area contributed by atoms with Crippen LogP contribution < -0.4 is 4.90 Å². The zero-order chi connectivity index (χ0) is 23.8. The highest BCUT2D eigenvalue weighted by Gasteiger charge is 2.53. The van der Waals surface area contributed by atoms with Crippen LogP contribution in [0.15, 0.2) is 78.9 Å². The van der Waals surface area contributed by atoms with Crippen LogP contribution in [0.25, 0.3) is 0 Å². The second-order valence-electron chi connectivity index (χ2n) is 8.51. The molecule has 1 saturated heterocycles. The second-order valence-corrected chi connectivity index (χ2v) is 8.51. The van der Waals surface area contributed by atoms with Gasteiger partial charge in [-0.15, -0.1) is 0 Å². The molecule has 4 nitrogen and oxygen atoms in total. The van der Waals surface area contributed by atoms with E-state index in [0.717, 1.165) is 28.8 Å². The summed E-state index contributed by atoms with van der Waals surface area (Å²) in [5, 5.41) is 0. The van der Waals surface area contributed by atoms with Crippen LogP contribution in [0.3, 0.4) is 0 Å². The third-order valence-electron chi connectivity index (χ3n) is 5.96. The Hall–Kier alpha value is -3.61. The van der Waals surface area contributed by atoms with Gasteiger partial charge in [0.25, 0.3) is 5.91 Å². The quantitative estimate of drug-likeness (QED) is 0.443. The second kappa shape index (κ2) is 8.39.